The van der Waals surface area contributed by atoms with Gasteiger partial charge in [-0.2, -0.15) is 0 Å². The van der Waals surface area contributed by atoms with E-state index >= 15 is 0 Å². The molecule has 0 bridgehead atoms. The summed E-state index contributed by atoms with van der Waals surface area (Å²) < 4.78 is 2.36. The number of Topliss-reactive ketones (excluding diaryl/α,β-unsaturated/α-hetero) is 1. The van der Waals surface area contributed by atoms with Gasteiger partial charge in [0.1, 0.15) is 0 Å². The Hall–Kier alpha value is -1.05. The Morgan fingerprint density at radius 3 is 2.79 bits per heavy atom. The molecule has 0 spiro atoms. The number of carbonyl (C=O) groups excluding carboxylic acids is 1. The van der Waals surface area contributed by atoms with Gasteiger partial charge in [-0.1, -0.05) is 0 Å². The molecule has 1 heterocycles. The van der Waals surface area contributed by atoms with E-state index in [1.165, 1.54) is 25.0 Å². The summed E-state index contributed by atoms with van der Waals surface area (Å²) in [4.78, 5) is 11.6. The van der Waals surface area contributed by atoms with Crippen molar-refractivity contribution in [3.63, 3.8) is 0 Å². The van der Waals surface area contributed by atoms with Crippen molar-refractivity contribution in [1.29, 1.82) is 0 Å². The van der Waals surface area contributed by atoms with E-state index in [2.05, 4.69) is 10.8 Å². The second kappa shape index (κ2) is 2.97. The molecule has 1 saturated carbocycles. The third-order valence-corrected chi connectivity index (χ3v) is 3.61. The zero-order valence-electron chi connectivity index (χ0n) is 8.33. The number of hydrogen-bond acceptors (Lipinski definition) is 1. The molecule has 0 saturated heterocycles. The van der Waals surface area contributed by atoms with Crippen molar-refractivity contribution < 1.29 is 4.79 Å². The quantitative estimate of drug-likeness (QED) is 0.665. The van der Waals surface area contributed by atoms with Gasteiger partial charge in [-0.3, -0.25) is 4.79 Å². The van der Waals surface area contributed by atoms with Crippen molar-refractivity contribution >= 4 is 5.78 Å². The molecule has 1 aromatic rings. The Morgan fingerprint density at radius 1 is 1.21 bits per heavy atom. The molecule has 0 radical (unpaired) electrons. The van der Waals surface area contributed by atoms with Crippen molar-refractivity contribution in [1.82, 2.24) is 4.57 Å². The zero-order chi connectivity index (χ0) is 9.54. The minimum absolute atomic E-state index is 0.351. The largest absolute Gasteiger partial charge is 0.348 e. The number of hydrogen-bond donors (Lipinski definition) is 0. The summed E-state index contributed by atoms with van der Waals surface area (Å²) in [6.45, 7) is 0. The van der Waals surface area contributed by atoms with Crippen LogP contribution in [0.4, 0.5) is 0 Å². The van der Waals surface area contributed by atoms with Crippen LogP contribution in [0.1, 0.15) is 54.2 Å². The van der Waals surface area contributed by atoms with Crippen LogP contribution in [0, 0.1) is 0 Å². The van der Waals surface area contributed by atoms with Gasteiger partial charge in [0.15, 0.2) is 5.78 Å². The molecule has 0 aliphatic heterocycles. The number of aromatic nitrogens is 1. The van der Waals surface area contributed by atoms with Gasteiger partial charge < -0.3 is 4.57 Å². The lowest BCUT2D eigenvalue weighted by Crippen LogP contribution is -2.21. The molecule has 3 rings (SSSR count). The summed E-state index contributed by atoms with van der Waals surface area (Å²) in [6, 6.07) is 2.72. The average molecular weight is 189 g/mol. The number of ketones is 1. The monoisotopic (exact) mass is 189 g/mol. The molecule has 1 fully saturated rings. The standard InChI is InChI=1S/C12H15NO/c14-12-6-2-5-11-10(12)7-8-13(11)9-3-1-4-9/h7-9H,1-6H2. The second-order valence-electron chi connectivity index (χ2n) is 4.44. The van der Waals surface area contributed by atoms with E-state index in [1.54, 1.807) is 0 Å². The van der Waals surface area contributed by atoms with E-state index in [0.717, 1.165) is 24.8 Å². The van der Waals surface area contributed by atoms with Crippen LogP contribution in [-0.2, 0) is 6.42 Å². The van der Waals surface area contributed by atoms with Gasteiger partial charge in [0.25, 0.3) is 0 Å². The highest BCUT2D eigenvalue weighted by atomic mass is 16.1. The first kappa shape index (κ1) is 8.27. The fourth-order valence-corrected chi connectivity index (χ4v) is 2.56. The fourth-order valence-electron chi connectivity index (χ4n) is 2.56. The van der Waals surface area contributed by atoms with Crippen molar-refractivity contribution in [3.8, 4) is 0 Å². The third-order valence-electron chi connectivity index (χ3n) is 3.61. The maximum absolute atomic E-state index is 11.6. The van der Waals surface area contributed by atoms with E-state index in [9.17, 15) is 4.79 Å². The van der Waals surface area contributed by atoms with Gasteiger partial charge in [0.05, 0.1) is 0 Å². The van der Waals surface area contributed by atoms with E-state index < -0.39 is 0 Å². The molecule has 1 aromatic heterocycles. The lowest BCUT2D eigenvalue weighted by molar-refractivity contribution is 0.0971. The minimum Gasteiger partial charge on any atom is -0.348 e. The molecule has 2 aliphatic rings. The summed E-state index contributed by atoms with van der Waals surface area (Å²) in [5.74, 6) is 0.351. The molecule has 2 heteroatoms. The molecule has 14 heavy (non-hydrogen) atoms. The Balaban J connectivity index is 2.01. The van der Waals surface area contributed by atoms with Gasteiger partial charge in [-0.25, -0.2) is 0 Å². The first-order valence-corrected chi connectivity index (χ1v) is 5.59. The molecule has 0 unspecified atom stereocenters. The predicted molar refractivity (Wildman–Crippen MR) is 54.6 cm³/mol. The number of carbonyl (C=O) groups is 1. The molecule has 2 aliphatic carbocycles. The molecule has 74 valence electrons. The Morgan fingerprint density at radius 2 is 2.07 bits per heavy atom. The van der Waals surface area contributed by atoms with Crippen LogP contribution in [0.15, 0.2) is 12.3 Å². The molecular formula is C12H15NO. The van der Waals surface area contributed by atoms with Crippen LogP contribution >= 0.6 is 0 Å². The van der Waals surface area contributed by atoms with Gasteiger partial charge in [0.2, 0.25) is 0 Å². The number of rotatable bonds is 1. The van der Waals surface area contributed by atoms with Crippen LogP contribution in [0.3, 0.4) is 0 Å². The Labute approximate surface area is 83.9 Å². The minimum atomic E-state index is 0.351. The van der Waals surface area contributed by atoms with Gasteiger partial charge >= 0.3 is 0 Å². The highest BCUT2D eigenvalue weighted by Gasteiger charge is 2.26. The second-order valence-corrected chi connectivity index (χ2v) is 4.44. The topological polar surface area (TPSA) is 22.0 Å². The van der Waals surface area contributed by atoms with Crippen LogP contribution in [0.2, 0.25) is 0 Å². The van der Waals surface area contributed by atoms with Gasteiger partial charge in [0, 0.05) is 29.9 Å². The fraction of sp³-hybridized carbons (Fsp3) is 0.583. The average Bonchev–Trinajstić information content (AvgIpc) is 2.48. The summed E-state index contributed by atoms with van der Waals surface area (Å²) in [5.41, 5.74) is 2.31. The maximum atomic E-state index is 11.6. The molecular weight excluding hydrogens is 174 g/mol. The SMILES string of the molecule is O=C1CCCc2c1ccn2C1CCC1. The van der Waals surface area contributed by atoms with Gasteiger partial charge in [-0.15, -0.1) is 0 Å². The summed E-state index contributed by atoms with van der Waals surface area (Å²) in [6.07, 6.45) is 8.97. The Bertz CT molecular complexity index is 374. The van der Waals surface area contributed by atoms with E-state index in [4.69, 9.17) is 0 Å². The summed E-state index contributed by atoms with van der Waals surface area (Å²) in [7, 11) is 0. The first-order chi connectivity index (χ1) is 6.86. The van der Waals surface area contributed by atoms with E-state index in [1.807, 2.05) is 6.07 Å². The summed E-state index contributed by atoms with van der Waals surface area (Å²) >= 11 is 0. The van der Waals surface area contributed by atoms with Crippen molar-refractivity contribution in [2.45, 2.75) is 44.6 Å². The lowest BCUT2D eigenvalue weighted by Gasteiger charge is -2.30. The van der Waals surface area contributed by atoms with Crippen molar-refractivity contribution in [2.24, 2.45) is 0 Å². The van der Waals surface area contributed by atoms with Crippen LogP contribution in [0.25, 0.3) is 0 Å². The predicted octanol–water partition coefficient (Wildman–Crippen LogP) is 2.73. The normalized spacial score (nSPS) is 21.9. The third kappa shape index (κ3) is 1.06. The maximum Gasteiger partial charge on any atom is 0.164 e. The van der Waals surface area contributed by atoms with E-state index in [0.29, 0.717) is 11.8 Å². The molecule has 0 atom stereocenters. The van der Waals surface area contributed by atoms with Crippen molar-refractivity contribution in [3.05, 3.63) is 23.5 Å². The highest BCUT2D eigenvalue weighted by molar-refractivity contribution is 5.98. The number of fused-ring (bicyclic) bond motifs is 1. The van der Waals surface area contributed by atoms with Crippen LogP contribution in [0.5, 0.6) is 0 Å². The molecule has 2 nitrogen and oxygen atoms in total. The number of nitrogens with zero attached hydrogens (tertiary/aromatic N) is 1. The molecule has 0 N–H and O–H groups in total. The highest BCUT2D eigenvalue weighted by Crippen LogP contribution is 2.35. The molecule has 0 aromatic carbocycles. The first-order valence-electron chi connectivity index (χ1n) is 5.59. The van der Waals surface area contributed by atoms with Crippen molar-refractivity contribution in [2.75, 3.05) is 0 Å². The van der Waals surface area contributed by atoms with Crippen LogP contribution < -0.4 is 0 Å². The van der Waals surface area contributed by atoms with E-state index in [-0.39, 0.29) is 0 Å². The zero-order valence-corrected chi connectivity index (χ0v) is 8.33. The smallest absolute Gasteiger partial charge is 0.164 e. The molecule has 0 amide bonds. The lowest BCUT2D eigenvalue weighted by atomic mass is 9.91. The van der Waals surface area contributed by atoms with Gasteiger partial charge in [-0.05, 0) is 38.2 Å². The Kier molecular flexibility index (Phi) is 1.76. The summed E-state index contributed by atoms with van der Waals surface area (Å²) in [5, 5.41) is 0. The van der Waals surface area contributed by atoms with Crippen LogP contribution in [-0.4, -0.2) is 10.4 Å².